The number of benzene rings is 1. The molecule has 0 radical (unpaired) electrons. The van der Waals surface area contributed by atoms with Crippen LogP contribution in [0.1, 0.15) is 141 Å². The molecule has 0 amide bonds. The van der Waals surface area contributed by atoms with Crippen LogP contribution in [0.5, 0.6) is 0 Å². The van der Waals surface area contributed by atoms with Gasteiger partial charge in [0.1, 0.15) is 0 Å². The van der Waals surface area contributed by atoms with Gasteiger partial charge in [-0.05, 0) is 51.4 Å². The summed E-state index contributed by atoms with van der Waals surface area (Å²) in [6, 6.07) is 10.9. The molecule has 1 unspecified atom stereocenters. The largest absolute Gasteiger partial charge is 0.309 e. The van der Waals surface area contributed by atoms with E-state index in [1.54, 1.807) is 0 Å². The summed E-state index contributed by atoms with van der Waals surface area (Å²) in [6.45, 7) is 6.56. The summed E-state index contributed by atoms with van der Waals surface area (Å²) in [5.41, 5.74) is 2.20. The van der Waals surface area contributed by atoms with Gasteiger partial charge in [-0.15, -0.1) is 0 Å². The van der Waals surface area contributed by atoms with Crippen LogP contribution in [0.3, 0.4) is 0 Å². The first-order chi connectivity index (χ1) is 18.0. The van der Waals surface area contributed by atoms with Gasteiger partial charge in [-0.2, -0.15) is 0 Å². The lowest BCUT2D eigenvalue weighted by Crippen LogP contribution is -2.28. The third kappa shape index (κ3) is 20.3. The first kappa shape index (κ1) is 33.6. The normalized spacial score (nSPS) is 12.2. The first-order valence-electron chi connectivity index (χ1n) is 15.9. The number of rotatable bonds is 26. The van der Waals surface area contributed by atoms with Crippen molar-refractivity contribution in [2.45, 2.75) is 142 Å². The van der Waals surface area contributed by atoms with Crippen LogP contribution < -0.4 is 0 Å². The number of hydrogen-bond donors (Lipinski definition) is 0. The van der Waals surface area contributed by atoms with E-state index in [9.17, 15) is 4.79 Å². The molecule has 0 saturated heterocycles. The Morgan fingerprint density at radius 1 is 0.649 bits per heavy atom. The number of hydrogen-bond acceptors (Lipinski definition) is 2. The van der Waals surface area contributed by atoms with Crippen LogP contribution in [-0.2, 0) is 11.2 Å². The molecular weight excluding hydrogens is 450 g/mol. The minimum Gasteiger partial charge on any atom is -0.309 e. The van der Waals surface area contributed by atoms with Crippen LogP contribution in [0.25, 0.3) is 0 Å². The lowest BCUT2D eigenvalue weighted by molar-refractivity contribution is -0.119. The molecule has 1 aromatic carbocycles. The summed E-state index contributed by atoms with van der Waals surface area (Å²) in [5.74, 6) is 0.391. The molecule has 0 N–H and O–H groups in total. The molecule has 0 bridgehead atoms. The van der Waals surface area contributed by atoms with Gasteiger partial charge in [0.05, 0.1) is 0 Å². The van der Waals surface area contributed by atoms with Crippen molar-refractivity contribution in [1.82, 2.24) is 4.90 Å². The highest BCUT2D eigenvalue weighted by Crippen LogP contribution is 2.18. The summed E-state index contributed by atoms with van der Waals surface area (Å²) in [6.07, 6.45) is 28.7. The van der Waals surface area contributed by atoms with Gasteiger partial charge in [-0.25, -0.2) is 0 Å². The molecule has 2 nitrogen and oxygen atoms in total. The van der Waals surface area contributed by atoms with Crippen molar-refractivity contribution in [2.75, 3.05) is 20.6 Å². The van der Waals surface area contributed by atoms with E-state index in [-0.39, 0.29) is 11.7 Å². The Kier molecular flexibility index (Phi) is 21.5. The fraction of sp³-hybridized carbons (Fsp3) is 0.743. The van der Waals surface area contributed by atoms with Crippen molar-refractivity contribution in [2.24, 2.45) is 5.92 Å². The van der Waals surface area contributed by atoms with Crippen LogP contribution >= 0.6 is 0 Å². The molecule has 0 aromatic heterocycles. The highest BCUT2D eigenvalue weighted by Gasteiger charge is 2.19. The highest BCUT2D eigenvalue weighted by molar-refractivity contribution is 5.96. The monoisotopic (exact) mass is 511 g/mol. The van der Waals surface area contributed by atoms with Gasteiger partial charge in [0.2, 0.25) is 0 Å². The summed E-state index contributed by atoms with van der Waals surface area (Å²) >= 11 is 0. The Morgan fingerprint density at radius 3 is 1.41 bits per heavy atom. The van der Waals surface area contributed by atoms with Gasteiger partial charge in [0.25, 0.3) is 0 Å². The lowest BCUT2D eigenvalue weighted by atomic mass is 9.92. The summed E-state index contributed by atoms with van der Waals surface area (Å²) < 4.78 is 0. The van der Waals surface area contributed by atoms with Gasteiger partial charge in [-0.1, -0.05) is 152 Å². The molecule has 0 fully saturated rings. The molecule has 0 aliphatic carbocycles. The van der Waals surface area contributed by atoms with E-state index in [1.807, 2.05) is 6.92 Å². The second kappa shape index (κ2) is 23.7. The maximum absolute atomic E-state index is 12.3. The second-order valence-corrected chi connectivity index (χ2v) is 11.8. The van der Waals surface area contributed by atoms with Gasteiger partial charge in [-0.3, -0.25) is 4.79 Å². The zero-order valence-electron chi connectivity index (χ0n) is 25.1. The standard InChI is InChI=1S/C35H61NO/c1-32(2)35(37)34(31-36(3)4)30-26-21-19-17-15-13-11-9-7-5-6-8-10-12-14-16-18-20-23-27-33-28-24-22-25-29-33/h22,24-25,28-29,34H,1,5-21,23,26-27,30-31H2,2-4H3. The average Bonchev–Trinajstić information content (AvgIpc) is 2.88. The van der Waals surface area contributed by atoms with Gasteiger partial charge >= 0.3 is 0 Å². The molecular formula is C35H61NO. The van der Waals surface area contributed by atoms with E-state index in [2.05, 4.69) is 55.9 Å². The number of Topliss-reactive ketones (excluding diaryl/α,β-unsaturated/α-hetero) is 1. The number of allylic oxidation sites excluding steroid dienone is 1. The Bertz CT molecular complexity index is 665. The molecule has 37 heavy (non-hydrogen) atoms. The number of carbonyl (C=O) groups excluding carboxylic acids is 1. The highest BCUT2D eigenvalue weighted by atomic mass is 16.1. The molecule has 1 atom stereocenters. The van der Waals surface area contributed by atoms with Crippen LogP contribution in [0.4, 0.5) is 0 Å². The van der Waals surface area contributed by atoms with Gasteiger partial charge < -0.3 is 4.90 Å². The Morgan fingerprint density at radius 2 is 1.03 bits per heavy atom. The summed E-state index contributed by atoms with van der Waals surface area (Å²) in [4.78, 5) is 14.4. The van der Waals surface area contributed by atoms with Gasteiger partial charge in [0.15, 0.2) is 5.78 Å². The predicted molar refractivity (Wildman–Crippen MR) is 164 cm³/mol. The van der Waals surface area contributed by atoms with E-state index >= 15 is 0 Å². The van der Waals surface area contributed by atoms with E-state index in [4.69, 9.17) is 0 Å². The van der Waals surface area contributed by atoms with Crippen LogP contribution in [0, 0.1) is 5.92 Å². The van der Waals surface area contributed by atoms with Gasteiger partial charge in [0, 0.05) is 12.5 Å². The van der Waals surface area contributed by atoms with Crippen molar-refractivity contribution in [1.29, 1.82) is 0 Å². The second-order valence-electron chi connectivity index (χ2n) is 11.8. The van der Waals surface area contributed by atoms with Crippen molar-refractivity contribution in [3.05, 3.63) is 48.0 Å². The van der Waals surface area contributed by atoms with Crippen LogP contribution in [0.2, 0.25) is 0 Å². The smallest absolute Gasteiger partial charge is 0.162 e. The number of nitrogens with zero attached hydrogens (tertiary/aromatic N) is 1. The maximum atomic E-state index is 12.3. The Hall–Kier alpha value is -1.41. The third-order valence-corrected chi connectivity index (χ3v) is 7.74. The SMILES string of the molecule is C=C(C)C(=O)C(CCCCCCCCCCCCCCCCCCCCCc1ccccc1)CN(C)C. The van der Waals surface area contributed by atoms with E-state index in [0.29, 0.717) is 5.57 Å². The molecule has 2 heteroatoms. The average molecular weight is 512 g/mol. The van der Waals surface area contributed by atoms with Crippen LogP contribution in [-0.4, -0.2) is 31.3 Å². The van der Waals surface area contributed by atoms with E-state index in [1.165, 1.54) is 134 Å². The number of ketones is 1. The molecule has 1 rings (SSSR count). The Balaban J connectivity index is 1.78. The zero-order chi connectivity index (χ0) is 27.0. The fourth-order valence-electron chi connectivity index (χ4n) is 5.46. The molecule has 0 aliphatic rings. The molecule has 0 saturated carbocycles. The first-order valence-corrected chi connectivity index (χ1v) is 15.9. The minimum absolute atomic E-state index is 0.132. The number of carbonyl (C=O) groups is 1. The quantitative estimate of drug-likeness (QED) is 0.0910. The Labute approximate surface area is 231 Å². The number of aryl methyl sites for hydroxylation is 1. The van der Waals surface area contributed by atoms with Crippen molar-refractivity contribution >= 4 is 5.78 Å². The van der Waals surface area contributed by atoms with E-state index in [0.717, 1.165) is 13.0 Å². The maximum Gasteiger partial charge on any atom is 0.162 e. The molecule has 212 valence electrons. The predicted octanol–water partition coefficient (Wildman–Crippen LogP) is 10.4. The van der Waals surface area contributed by atoms with Crippen molar-refractivity contribution in [3.63, 3.8) is 0 Å². The molecule has 1 aromatic rings. The van der Waals surface area contributed by atoms with Crippen molar-refractivity contribution < 1.29 is 4.79 Å². The van der Waals surface area contributed by atoms with Crippen LogP contribution in [0.15, 0.2) is 42.5 Å². The molecule has 0 heterocycles. The van der Waals surface area contributed by atoms with E-state index < -0.39 is 0 Å². The topological polar surface area (TPSA) is 20.3 Å². The molecule has 0 aliphatic heterocycles. The van der Waals surface area contributed by atoms with Crippen molar-refractivity contribution in [3.8, 4) is 0 Å². The fourth-order valence-corrected chi connectivity index (χ4v) is 5.46. The summed E-state index contributed by atoms with van der Waals surface area (Å²) in [7, 11) is 4.10. The lowest BCUT2D eigenvalue weighted by Gasteiger charge is -2.20. The molecule has 0 spiro atoms. The minimum atomic E-state index is 0.132. The summed E-state index contributed by atoms with van der Waals surface area (Å²) in [5, 5.41) is 0. The third-order valence-electron chi connectivity index (χ3n) is 7.74. The zero-order valence-corrected chi connectivity index (χ0v) is 25.1. The number of unbranched alkanes of at least 4 members (excludes halogenated alkanes) is 18.